The maximum absolute atomic E-state index is 12.3. The van der Waals surface area contributed by atoms with Gasteiger partial charge in [0, 0.05) is 12.5 Å². The summed E-state index contributed by atoms with van der Waals surface area (Å²) in [7, 11) is 0. The number of alkyl carbamates (subject to hydrolysis) is 1. The third-order valence-corrected chi connectivity index (χ3v) is 8.63. The van der Waals surface area contributed by atoms with Gasteiger partial charge < -0.3 is 71.6 Å². The summed E-state index contributed by atoms with van der Waals surface area (Å²) in [6.45, 7) is 17.0. The molecule has 2 aromatic carbocycles. The number of hydrogen-bond donors (Lipinski definition) is 1. The molecule has 0 heterocycles. The summed E-state index contributed by atoms with van der Waals surface area (Å²) in [6.07, 6.45) is -0.229. The van der Waals surface area contributed by atoms with Crippen molar-refractivity contribution in [2.45, 2.75) is 25.9 Å². The zero-order valence-electron chi connectivity index (χ0n) is 36.0. The summed E-state index contributed by atoms with van der Waals surface area (Å²) < 4.78 is 76.9. The fourth-order valence-electron chi connectivity index (χ4n) is 5.74. The van der Waals surface area contributed by atoms with Crippen molar-refractivity contribution in [3.05, 3.63) is 59.7 Å². The van der Waals surface area contributed by atoms with E-state index in [1.807, 2.05) is 38.1 Å². The quantitative estimate of drug-likeness (QED) is 0.0950. The Morgan fingerprint density at radius 3 is 1.03 bits per heavy atom. The van der Waals surface area contributed by atoms with Gasteiger partial charge in [-0.25, -0.2) is 4.79 Å². The second kappa shape index (κ2) is 36.8. The standard InChI is InChI=1S/C44H71NO15/c1-38(2)59-36-35-58-34-33-57-32-31-56-30-29-55-28-27-54-26-25-53-24-23-52-22-21-51-20-19-50-18-17-49-16-15-48-14-13-47-12-11-45-44(46)60-37-43-41-9-5-3-7-39(41)40-8-4-6-10-42(40)43/h3-10,38,43H,11-37H2,1-2H3,(H,45,46). The Morgan fingerprint density at radius 1 is 0.433 bits per heavy atom. The van der Waals surface area contributed by atoms with Crippen molar-refractivity contribution < 1.29 is 71.1 Å². The van der Waals surface area contributed by atoms with Crippen molar-refractivity contribution in [3.63, 3.8) is 0 Å². The second-order valence-electron chi connectivity index (χ2n) is 13.5. The van der Waals surface area contributed by atoms with Crippen LogP contribution in [0.2, 0.25) is 0 Å². The number of carbonyl (C=O) groups excluding carboxylic acids is 1. The largest absolute Gasteiger partial charge is 0.449 e. The van der Waals surface area contributed by atoms with E-state index in [0.29, 0.717) is 172 Å². The lowest BCUT2D eigenvalue weighted by atomic mass is 9.98. The molecule has 0 saturated heterocycles. The number of amides is 1. The van der Waals surface area contributed by atoms with Gasteiger partial charge in [0.25, 0.3) is 0 Å². The zero-order valence-corrected chi connectivity index (χ0v) is 36.0. The van der Waals surface area contributed by atoms with Crippen LogP contribution in [0.25, 0.3) is 11.1 Å². The van der Waals surface area contributed by atoms with E-state index < -0.39 is 6.09 Å². The summed E-state index contributed by atoms with van der Waals surface area (Å²) in [6, 6.07) is 16.5. The topological polar surface area (TPSA) is 158 Å². The van der Waals surface area contributed by atoms with Gasteiger partial charge in [-0.15, -0.1) is 0 Å². The number of benzene rings is 2. The monoisotopic (exact) mass is 853 g/mol. The fraction of sp³-hybridized carbons (Fsp3) is 0.705. The SMILES string of the molecule is CC(C)OCCOCCOCCOCCOCCOCCOCCOCCOCCOCCOCCOCCOCCNC(=O)OCC1c2ccccc2-c2ccccc21. The van der Waals surface area contributed by atoms with Crippen molar-refractivity contribution in [2.24, 2.45) is 0 Å². The molecule has 0 atom stereocenters. The van der Waals surface area contributed by atoms with Gasteiger partial charge >= 0.3 is 6.09 Å². The van der Waals surface area contributed by atoms with Crippen LogP contribution in [0, 0.1) is 0 Å². The molecular formula is C44H71NO15. The maximum Gasteiger partial charge on any atom is 0.407 e. The number of fused-ring (bicyclic) bond motifs is 3. The average Bonchev–Trinajstić information content (AvgIpc) is 3.58. The molecule has 0 unspecified atom stereocenters. The Kier molecular flexibility index (Phi) is 31.6. The van der Waals surface area contributed by atoms with Crippen LogP contribution in [0.15, 0.2) is 48.5 Å². The molecular weight excluding hydrogens is 782 g/mol. The Hall–Kier alpha value is -2.81. The minimum atomic E-state index is -0.454. The predicted molar refractivity (Wildman–Crippen MR) is 224 cm³/mol. The Labute approximate surface area is 356 Å². The van der Waals surface area contributed by atoms with Crippen LogP contribution in [-0.4, -0.2) is 191 Å². The van der Waals surface area contributed by atoms with E-state index in [1.54, 1.807) is 0 Å². The van der Waals surface area contributed by atoms with Crippen molar-refractivity contribution in [1.29, 1.82) is 0 Å². The highest BCUT2D eigenvalue weighted by molar-refractivity contribution is 5.79. The molecule has 1 amide bonds. The van der Waals surface area contributed by atoms with Gasteiger partial charge in [0.05, 0.1) is 171 Å². The minimum absolute atomic E-state index is 0.0346. The number of carbonyl (C=O) groups is 1. The van der Waals surface area contributed by atoms with Crippen LogP contribution in [0.4, 0.5) is 4.79 Å². The van der Waals surface area contributed by atoms with E-state index in [1.165, 1.54) is 22.3 Å². The number of hydrogen-bond acceptors (Lipinski definition) is 15. The molecule has 60 heavy (non-hydrogen) atoms. The average molecular weight is 854 g/mol. The van der Waals surface area contributed by atoms with Gasteiger partial charge in [-0.1, -0.05) is 48.5 Å². The molecule has 0 aliphatic heterocycles. The molecule has 0 bridgehead atoms. The number of ether oxygens (including phenoxy) is 14. The van der Waals surface area contributed by atoms with E-state index in [2.05, 4.69) is 29.6 Å². The first-order valence-corrected chi connectivity index (χ1v) is 21.3. The van der Waals surface area contributed by atoms with Gasteiger partial charge in [-0.2, -0.15) is 0 Å². The van der Waals surface area contributed by atoms with Crippen LogP contribution in [0.3, 0.4) is 0 Å². The Morgan fingerprint density at radius 2 is 0.717 bits per heavy atom. The maximum atomic E-state index is 12.3. The van der Waals surface area contributed by atoms with E-state index in [4.69, 9.17) is 66.3 Å². The van der Waals surface area contributed by atoms with Crippen molar-refractivity contribution >= 4 is 6.09 Å². The van der Waals surface area contributed by atoms with Crippen LogP contribution in [0.1, 0.15) is 30.9 Å². The molecule has 0 fully saturated rings. The molecule has 342 valence electrons. The molecule has 16 nitrogen and oxygen atoms in total. The highest BCUT2D eigenvalue weighted by Crippen LogP contribution is 2.44. The third kappa shape index (κ3) is 25.8. The third-order valence-electron chi connectivity index (χ3n) is 8.63. The normalized spacial score (nSPS) is 12.3. The molecule has 16 heteroatoms. The summed E-state index contributed by atoms with van der Waals surface area (Å²) in [5, 5.41) is 2.74. The first kappa shape index (κ1) is 51.5. The highest BCUT2D eigenvalue weighted by atomic mass is 16.6. The molecule has 1 aliphatic rings. The van der Waals surface area contributed by atoms with Gasteiger partial charge in [0.2, 0.25) is 0 Å². The number of rotatable bonds is 42. The lowest BCUT2D eigenvalue weighted by Crippen LogP contribution is -2.29. The smallest absolute Gasteiger partial charge is 0.407 e. The van der Waals surface area contributed by atoms with E-state index in [-0.39, 0.29) is 18.6 Å². The predicted octanol–water partition coefficient (Wildman–Crippen LogP) is 4.15. The summed E-state index contributed by atoms with van der Waals surface area (Å²) >= 11 is 0. The van der Waals surface area contributed by atoms with Crippen LogP contribution >= 0.6 is 0 Å². The van der Waals surface area contributed by atoms with E-state index in [0.717, 1.165) is 0 Å². The molecule has 0 aromatic heterocycles. The van der Waals surface area contributed by atoms with Gasteiger partial charge in [0.1, 0.15) is 6.61 Å². The summed E-state index contributed by atoms with van der Waals surface area (Å²) in [4.78, 5) is 12.3. The highest BCUT2D eigenvalue weighted by Gasteiger charge is 2.29. The lowest BCUT2D eigenvalue weighted by Gasteiger charge is -2.14. The Balaban J connectivity index is 0.920. The molecule has 3 rings (SSSR count). The molecule has 1 N–H and O–H groups in total. The molecule has 0 saturated carbocycles. The van der Waals surface area contributed by atoms with Crippen LogP contribution < -0.4 is 5.32 Å². The summed E-state index contributed by atoms with van der Waals surface area (Å²) in [5.74, 6) is 0.0346. The van der Waals surface area contributed by atoms with Crippen LogP contribution in [0.5, 0.6) is 0 Å². The first-order valence-electron chi connectivity index (χ1n) is 21.3. The molecule has 1 aliphatic carbocycles. The van der Waals surface area contributed by atoms with Crippen molar-refractivity contribution in [2.75, 3.05) is 178 Å². The molecule has 0 radical (unpaired) electrons. The Bertz CT molecular complexity index is 1260. The van der Waals surface area contributed by atoms with Crippen molar-refractivity contribution in [1.82, 2.24) is 5.32 Å². The number of nitrogens with one attached hydrogen (secondary N) is 1. The van der Waals surface area contributed by atoms with E-state index >= 15 is 0 Å². The van der Waals surface area contributed by atoms with Gasteiger partial charge in [-0.3, -0.25) is 0 Å². The lowest BCUT2D eigenvalue weighted by molar-refractivity contribution is -0.0298. The first-order chi connectivity index (χ1) is 29.7. The van der Waals surface area contributed by atoms with E-state index in [9.17, 15) is 4.79 Å². The molecule has 0 spiro atoms. The van der Waals surface area contributed by atoms with Crippen molar-refractivity contribution in [3.8, 4) is 11.1 Å². The fourth-order valence-corrected chi connectivity index (χ4v) is 5.74. The zero-order chi connectivity index (χ0) is 42.4. The van der Waals surface area contributed by atoms with Gasteiger partial charge in [0.15, 0.2) is 0 Å². The minimum Gasteiger partial charge on any atom is -0.449 e. The van der Waals surface area contributed by atoms with Gasteiger partial charge in [-0.05, 0) is 36.1 Å². The second-order valence-corrected chi connectivity index (χ2v) is 13.5. The molecule has 2 aromatic rings. The van der Waals surface area contributed by atoms with Crippen LogP contribution in [-0.2, 0) is 66.3 Å². The summed E-state index contributed by atoms with van der Waals surface area (Å²) in [5.41, 5.74) is 4.77.